The second-order valence-electron chi connectivity index (χ2n) is 3.25. The number of hydrogen-bond donors (Lipinski definition) is 1. The molecule has 0 saturated carbocycles. The van der Waals surface area contributed by atoms with Gasteiger partial charge in [-0.25, -0.2) is 4.79 Å². The van der Waals surface area contributed by atoms with Crippen LogP contribution >= 0.6 is 11.6 Å². The van der Waals surface area contributed by atoms with Crippen LogP contribution in [0.1, 0.15) is 19.4 Å². The Balaban J connectivity index is 3.38. The smallest absolute Gasteiger partial charge is 0.329 e. The molecule has 0 bridgehead atoms. The first-order valence-corrected chi connectivity index (χ1v) is 5.09. The van der Waals surface area contributed by atoms with Crippen LogP contribution in [0.2, 0.25) is 5.15 Å². The van der Waals surface area contributed by atoms with E-state index in [-0.39, 0.29) is 6.61 Å². The second-order valence-corrected chi connectivity index (χ2v) is 3.63. The molecule has 1 aromatic heterocycles. The van der Waals surface area contributed by atoms with Gasteiger partial charge in [0, 0.05) is 7.11 Å². The van der Waals surface area contributed by atoms with Crippen LogP contribution in [-0.4, -0.2) is 23.3 Å². The molecule has 0 saturated heterocycles. The summed E-state index contributed by atoms with van der Waals surface area (Å²) >= 11 is 5.34. The lowest BCUT2D eigenvalue weighted by Gasteiger charge is -2.15. The van der Waals surface area contributed by atoms with Gasteiger partial charge in [0.25, 0.3) is 5.56 Å². The van der Waals surface area contributed by atoms with Crippen molar-refractivity contribution in [2.24, 2.45) is 0 Å². The zero-order chi connectivity index (χ0) is 12.3. The minimum atomic E-state index is -1.16. The molecule has 0 aliphatic rings. The van der Waals surface area contributed by atoms with E-state index in [9.17, 15) is 14.0 Å². The number of ether oxygens (including phenoxy) is 1. The molecule has 1 heterocycles. The summed E-state index contributed by atoms with van der Waals surface area (Å²) in [7, 11) is 1.44. The van der Waals surface area contributed by atoms with Gasteiger partial charge in [0.1, 0.15) is 0 Å². The molecule has 0 radical (unpaired) electrons. The molecular formula is C9H12ClFN2O3. The number of hydrogen-bond acceptors (Lipinski definition) is 3. The summed E-state index contributed by atoms with van der Waals surface area (Å²) in [5.41, 5.74) is -1.77. The number of halogens is 2. The topological polar surface area (TPSA) is 64.1 Å². The Labute approximate surface area is 95.8 Å². The average Bonchev–Trinajstić information content (AvgIpc) is 2.25. The summed E-state index contributed by atoms with van der Waals surface area (Å²) in [6, 6.07) is -0.506. The third-order valence-corrected chi connectivity index (χ3v) is 2.49. The van der Waals surface area contributed by atoms with Crippen molar-refractivity contribution < 1.29 is 9.13 Å². The van der Waals surface area contributed by atoms with E-state index in [1.165, 1.54) is 7.11 Å². The molecule has 0 amide bonds. The van der Waals surface area contributed by atoms with E-state index in [1.807, 2.05) is 0 Å². The Hall–Kier alpha value is -1.14. The fourth-order valence-corrected chi connectivity index (χ4v) is 1.56. The van der Waals surface area contributed by atoms with Gasteiger partial charge >= 0.3 is 5.69 Å². The summed E-state index contributed by atoms with van der Waals surface area (Å²) in [6.07, 6.45) is 0.470. The van der Waals surface area contributed by atoms with Crippen molar-refractivity contribution in [1.82, 2.24) is 9.55 Å². The van der Waals surface area contributed by atoms with E-state index >= 15 is 0 Å². The van der Waals surface area contributed by atoms with Crippen molar-refractivity contribution in [2.75, 3.05) is 13.7 Å². The first-order valence-electron chi connectivity index (χ1n) is 4.71. The number of rotatable bonds is 4. The maximum atomic E-state index is 13.2. The summed E-state index contributed by atoms with van der Waals surface area (Å²) in [5.74, 6) is -1.16. The number of aromatic nitrogens is 2. The van der Waals surface area contributed by atoms with Gasteiger partial charge < -0.3 is 4.74 Å². The highest BCUT2D eigenvalue weighted by Crippen LogP contribution is 2.08. The molecule has 1 atom stereocenters. The van der Waals surface area contributed by atoms with Gasteiger partial charge in [-0.15, -0.1) is 0 Å². The first kappa shape index (κ1) is 12.9. The molecule has 16 heavy (non-hydrogen) atoms. The van der Waals surface area contributed by atoms with Crippen LogP contribution in [0.3, 0.4) is 0 Å². The van der Waals surface area contributed by atoms with Gasteiger partial charge in [-0.1, -0.05) is 18.5 Å². The lowest BCUT2D eigenvalue weighted by molar-refractivity contribution is 0.148. The van der Waals surface area contributed by atoms with Gasteiger partial charge in [-0.05, 0) is 6.42 Å². The Morgan fingerprint density at radius 3 is 2.69 bits per heavy atom. The first-order chi connectivity index (χ1) is 7.52. The average molecular weight is 251 g/mol. The predicted octanol–water partition coefficient (Wildman–Crippen LogP) is 0.927. The highest BCUT2D eigenvalue weighted by molar-refractivity contribution is 6.29. The normalized spacial score (nSPS) is 12.8. The van der Waals surface area contributed by atoms with Crippen molar-refractivity contribution in [3.8, 4) is 0 Å². The Kier molecular flexibility index (Phi) is 4.26. The molecule has 1 rings (SSSR count). The SMILES string of the molecule is CCC(COC)n1c(=O)[nH]c(Cl)c(F)c1=O. The van der Waals surface area contributed by atoms with E-state index in [4.69, 9.17) is 16.3 Å². The molecule has 0 aromatic carbocycles. The third-order valence-electron chi connectivity index (χ3n) is 2.23. The number of H-pyrrole nitrogens is 1. The van der Waals surface area contributed by atoms with Crippen LogP contribution in [0.5, 0.6) is 0 Å². The van der Waals surface area contributed by atoms with E-state index in [1.54, 1.807) is 6.92 Å². The number of methoxy groups -OCH3 is 1. The molecule has 1 unspecified atom stereocenters. The molecule has 7 heteroatoms. The fourth-order valence-electron chi connectivity index (χ4n) is 1.40. The zero-order valence-electron chi connectivity index (χ0n) is 8.92. The lowest BCUT2D eigenvalue weighted by atomic mass is 10.2. The zero-order valence-corrected chi connectivity index (χ0v) is 9.68. The van der Waals surface area contributed by atoms with Crippen LogP contribution in [0, 0.1) is 5.82 Å². The monoisotopic (exact) mass is 250 g/mol. The summed E-state index contributed by atoms with van der Waals surface area (Å²) in [4.78, 5) is 25.1. The second kappa shape index (κ2) is 5.27. The molecule has 90 valence electrons. The minimum Gasteiger partial charge on any atom is -0.383 e. The van der Waals surface area contributed by atoms with Crippen LogP contribution in [0.25, 0.3) is 0 Å². The minimum absolute atomic E-state index is 0.153. The number of nitrogens with one attached hydrogen (secondary N) is 1. The highest BCUT2D eigenvalue weighted by atomic mass is 35.5. The Morgan fingerprint density at radius 1 is 1.56 bits per heavy atom. The molecular weight excluding hydrogens is 239 g/mol. The summed E-state index contributed by atoms with van der Waals surface area (Å²) in [5, 5.41) is -0.571. The van der Waals surface area contributed by atoms with E-state index in [2.05, 4.69) is 4.98 Å². The van der Waals surface area contributed by atoms with Crippen LogP contribution in [0.4, 0.5) is 4.39 Å². The van der Waals surface area contributed by atoms with Crippen molar-refractivity contribution in [3.63, 3.8) is 0 Å². The molecule has 0 fully saturated rings. The lowest BCUT2D eigenvalue weighted by Crippen LogP contribution is -2.41. The van der Waals surface area contributed by atoms with E-state index < -0.39 is 28.3 Å². The quantitative estimate of drug-likeness (QED) is 0.809. The summed E-state index contributed by atoms with van der Waals surface area (Å²) < 4.78 is 18.9. The van der Waals surface area contributed by atoms with Crippen LogP contribution < -0.4 is 11.2 Å². The number of aromatic amines is 1. The summed E-state index contributed by atoms with van der Waals surface area (Å²) in [6.45, 7) is 1.92. The Bertz CT molecular complexity index is 483. The molecule has 0 aliphatic heterocycles. The van der Waals surface area contributed by atoms with Gasteiger partial charge in [0.05, 0.1) is 12.6 Å². The van der Waals surface area contributed by atoms with Crippen LogP contribution in [-0.2, 0) is 4.74 Å². The molecule has 0 aliphatic carbocycles. The number of nitrogens with zero attached hydrogens (tertiary/aromatic N) is 1. The van der Waals surface area contributed by atoms with Gasteiger partial charge in [0.2, 0.25) is 5.82 Å². The van der Waals surface area contributed by atoms with Gasteiger partial charge in [0.15, 0.2) is 5.15 Å². The van der Waals surface area contributed by atoms with Crippen molar-refractivity contribution in [2.45, 2.75) is 19.4 Å². The fraction of sp³-hybridized carbons (Fsp3) is 0.556. The van der Waals surface area contributed by atoms with Gasteiger partial charge in [-0.2, -0.15) is 4.39 Å². The van der Waals surface area contributed by atoms with Crippen molar-refractivity contribution in [3.05, 3.63) is 31.8 Å². The van der Waals surface area contributed by atoms with Crippen molar-refractivity contribution in [1.29, 1.82) is 0 Å². The highest BCUT2D eigenvalue weighted by Gasteiger charge is 2.18. The maximum absolute atomic E-state index is 13.2. The Morgan fingerprint density at radius 2 is 2.19 bits per heavy atom. The standard InChI is InChI=1S/C9H12ClFN2O3/c1-3-5(4-16-2)13-8(14)6(11)7(10)12-9(13)15/h5H,3-4H2,1-2H3,(H,12,15). The maximum Gasteiger partial charge on any atom is 0.329 e. The van der Waals surface area contributed by atoms with E-state index in [0.29, 0.717) is 6.42 Å². The molecule has 1 N–H and O–H groups in total. The third kappa shape index (κ3) is 2.33. The molecule has 5 nitrogen and oxygen atoms in total. The largest absolute Gasteiger partial charge is 0.383 e. The molecule has 1 aromatic rings. The molecule has 0 spiro atoms. The van der Waals surface area contributed by atoms with E-state index in [0.717, 1.165) is 4.57 Å². The van der Waals surface area contributed by atoms with Crippen molar-refractivity contribution >= 4 is 11.6 Å². The predicted molar refractivity (Wildman–Crippen MR) is 57.5 cm³/mol. The van der Waals surface area contributed by atoms with Gasteiger partial charge in [-0.3, -0.25) is 14.3 Å². The van der Waals surface area contributed by atoms with Crippen LogP contribution in [0.15, 0.2) is 9.59 Å².